The molecule has 2 aromatic rings. The van der Waals surface area contributed by atoms with Gasteiger partial charge in [-0.05, 0) is 38.0 Å². The molecular formula is C21H26F3N5O3S. The lowest BCUT2D eigenvalue weighted by Gasteiger charge is -2.25. The van der Waals surface area contributed by atoms with Gasteiger partial charge in [-0.25, -0.2) is 4.79 Å². The number of imide groups is 1. The number of alkyl halides is 3. The third kappa shape index (κ3) is 7.11. The largest absolute Gasteiger partial charge is 0.450 e. The first kappa shape index (κ1) is 24.9. The van der Waals surface area contributed by atoms with Crippen LogP contribution < -0.4 is 10.6 Å². The number of nitrogens with zero attached hydrogens (tertiary/aromatic N) is 3. The van der Waals surface area contributed by atoms with Gasteiger partial charge in [0, 0.05) is 11.7 Å². The molecule has 0 unspecified atom stereocenters. The Morgan fingerprint density at radius 1 is 1.21 bits per heavy atom. The van der Waals surface area contributed by atoms with E-state index in [2.05, 4.69) is 20.8 Å². The summed E-state index contributed by atoms with van der Waals surface area (Å²) >= 11 is 1.15. The summed E-state index contributed by atoms with van der Waals surface area (Å²) in [4.78, 5) is 23.4. The van der Waals surface area contributed by atoms with Gasteiger partial charge in [0.1, 0.15) is 0 Å². The number of aromatic nitrogens is 3. The van der Waals surface area contributed by atoms with E-state index in [4.69, 9.17) is 4.74 Å². The zero-order chi connectivity index (χ0) is 23.8. The molecule has 0 saturated heterocycles. The number of thioether (sulfide) groups is 1. The normalized spacial score (nSPS) is 14.7. The third-order valence-corrected chi connectivity index (χ3v) is 6.11. The molecule has 1 aliphatic rings. The second-order valence-electron chi connectivity index (χ2n) is 7.55. The summed E-state index contributed by atoms with van der Waals surface area (Å²) < 4.78 is 45.6. The van der Waals surface area contributed by atoms with Crippen molar-refractivity contribution in [2.75, 3.05) is 17.7 Å². The number of amides is 2. The number of hydrogen-bond donors (Lipinski definition) is 2. The van der Waals surface area contributed by atoms with Gasteiger partial charge in [0.2, 0.25) is 5.91 Å². The maximum Gasteiger partial charge on any atom is 0.416 e. The van der Waals surface area contributed by atoms with E-state index < -0.39 is 23.7 Å². The van der Waals surface area contributed by atoms with Crippen molar-refractivity contribution in [3.05, 3.63) is 35.7 Å². The van der Waals surface area contributed by atoms with Gasteiger partial charge in [-0.15, -0.1) is 10.2 Å². The van der Waals surface area contributed by atoms with Crippen molar-refractivity contribution in [3.8, 4) is 0 Å². The van der Waals surface area contributed by atoms with Gasteiger partial charge in [-0.3, -0.25) is 10.1 Å². The number of alkyl carbamates (subject to hydrolysis) is 1. The molecule has 0 bridgehead atoms. The maximum absolute atomic E-state index is 13.0. The van der Waals surface area contributed by atoms with Crippen LogP contribution >= 0.6 is 11.8 Å². The van der Waals surface area contributed by atoms with Crippen LogP contribution in [-0.2, 0) is 22.3 Å². The molecule has 1 aromatic carbocycles. The number of halogens is 3. The number of anilines is 1. The van der Waals surface area contributed by atoms with E-state index in [-0.39, 0.29) is 24.9 Å². The highest BCUT2D eigenvalue weighted by Gasteiger charge is 2.30. The Morgan fingerprint density at radius 3 is 2.67 bits per heavy atom. The average Bonchev–Trinajstić information content (AvgIpc) is 3.19. The van der Waals surface area contributed by atoms with E-state index in [9.17, 15) is 22.8 Å². The van der Waals surface area contributed by atoms with Gasteiger partial charge < -0.3 is 14.6 Å². The Balaban J connectivity index is 1.72. The van der Waals surface area contributed by atoms with Crippen LogP contribution in [0.5, 0.6) is 0 Å². The van der Waals surface area contributed by atoms with Crippen LogP contribution in [0.4, 0.5) is 23.7 Å². The second kappa shape index (κ2) is 11.4. The van der Waals surface area contributed by atoms with Crippen LogP contribution in [0, 0.1) is 0 Å². The predicted molar refractivity (Wildman–Crippen MR) is 117 cm³/mol. The minimum absolute atomic E-state index is 0.0509. The van der Waals surface area contributed by atoms with E-state index in [1.165, 1.54) is 6.07 Å². The molecule has 3 rings (SSSR count). The van der Waals surface area contributed by atoms with E-state index in [1.807, 2.05) is 4.57 Å². The Bertz CT molecular complexity index is 961. The van der Waals surface area contributed by atoms with E-state index in [0.29, 0.717) is 16.7 Å². The van der Waals surface area contributed by atoms with Crippen molar-refractivity contribution < 1.29 is 27.5 Å². The predicted octanol–water partition coefficient (Wildman–Crippen LogP) is 4.78. The van der Waals surface area contributed by atoms with E-state index in [0.717, 1.165) is 56.0 Å². The number of carbonyl (C=O) groups excluding carboxylic acids is 2. The topological polar surface area (TPSA) is 98.1 Å². The SMILES string of the molecule is CCOC(=O)NC(=O)CSc1nnc(CNc2cccc(C(F)(F)F)c2)n1C1CCCCC1. The van der Waals surface area contributed by atoms with Crippen LogP contribution in [-0.4, -0.2) is 39.1 Å². The van der Waals surface area contributed by atoms with Crippen molar-refractivity contribution in [2.45, 2.75) is 62.9 Å². The van der Waals surface area contributed by atoms with Gasteiger partial charge in [-0.2, -0.15) is 13.2 Å². The number of ether oxygens (including phenoxy) is 1. The first-order valence-corrected chi connectivity index (χ1v) is 11.7. The Morgan fingerprint density at radius 2 is 1.97 bits per heavy atom. The minimum atomic E-state index is -4.42. The summed E-state index contributed by atoms with van der Waals surface area (Å²) in [5.41, 5.74) is -0.406. The fourth-order valence-corrected chi connectivity index (χ4v) is 4.49. The van der Waals surface area contributed by atoms with Crippen LogP contribution in [0.15, 0.2) is 29.4 Å². The Kier molecular flexibility index (Phi) is 8.59. The monoisotopic (exact) mass is 485 g/mol. The summed E-state index contributed by atoms with van der Waals surface area (Å²) in [6, 6.07) is 5.12. The molecule has 1 heterocycles. The fourth-order valence-electron chi connectivity index (χ4n) is 3.67. The molecule has 0 spiro atoms. The molecule has 8 nitrogen and oxygen atoms in total. The Labute approximate surface area is 193 Å². The van der Waals surface area contributed by atoms with Crippen molar-refractivity contribution in [2.24, 2.45) is 0 Å². The van der Waals surface area contributed by atoms with Gasteiger partial charge in [0.05, 0.1) is 24.5 Å². The number of hydrogen-bond acceptors (Lipinski definition) is 7. The molecule has 33 heavy (non-hydrogen) atoms. The lowest BCUT2D eigenvalue weighted by molar-refractivity contribution is -0.137. The number of nitrogens with one attached hydrogen (secondary N) is 2. The highest BCUT2D eigenvalue weighted by atomic mass is 32.2. The lowest BCUT2D eigenvalue weighted by atomic mass is 9.95. The molecule has 2 N–H and O–H groups in total. The number of rotatable bonds is 8. The molecule has 12 heteroatoms. The van der Waals surface area contributed by atoms with Crippen molar-refractivity contribution in [1.29, 1.82) is 0 Å². The highest BCUT2D eigenvalue weighted by molar-refractivity contribution is 7.99. The summed E-state index contributed by atoms with van der Waals surface area (Å²) in [6.07, 6.45) is -0.126. The van der Waals surface area contributed by atoms with Crippen LogP contribution in [0.3, 0.4) is 0 Å². The summed E-state index contributed by atoms with van der Waals surface area (Å²) in [6.45, 7) is 1.98. The quantitative estimate of drug-likeness (QED) is 0.519. The summed E-state index contributed by atoms with van der Waals surface area (Å²) in [5, 5.41) is 14.1. The zero-order valence-electron chi connectivity index (χ0n) is 18.2. The highest BCUT2D eigenvalue weighted by Crippen LogP contribution is 2.33. The zero-order valence-corrected chi connectivity index (χ0v) is 19.0. The smallest absolute Gasteiger partial charge is 0.416 e. The van der Waals surface area contributed by atoms with Gasteiger partial charge in [0.15, 0.2) is 11.0 Å². The van der Waals surface area contributed by atoms with Crippen LogP contribution in [0.2, 0.25) is 0 Å². The molecule has 1 aliphatic carbocycles. The standard InChI is InChI=1S/C21H26F3N5O3S/c1-2-32-20(31)26-18(30)13-33-19-28-27-17(29(19)16-9-4-3-5-10-16)12-25-15-8-6-7-14(11-15)21(22,23)24/h6-8,11,16,25H,2-5,9-10,12-13H2,1H3,(H,26,30,31). The number of benzene rings is 1. The maximum atomic E-state index is 13.0. The molecule has 1 fully saturated rings. The molecule has 2 amide bonds. The third-order valence-electron chi connectivity index (χ3n) is 5.16. The first-order valence-electron chi connectivity index (χ1n) is 10.7. The van der Waals surface area contributed by atoms with Crippen molar-refractivity contribution in [3.63, 3.8) is 0 Å². The fraction of sp³-hybridized carbons (Fsp3) is 0.524. The van der Waals surface area contributed by atoms with Crippen molar-refractivity contribution in [1.82, 2.24) is 20.1 Å². The molecule has 1 saturated carbocycles. The molecule has 0 atom stereocenters. The van der Waals surface area contributed by atoms with Crippen LogP contribution in [0.1, 0.15) is 56.5 Å². The van der Waals surface area contributed by atoms with Crippen LogP contribution in [0.25, 0.3) is 0 Å². The summed E-state index contributed by atoms with van der Waals surface area (Å²) in [5.74, 6) is 0.0120. The first-order chi connectivity index (χ1) is 15.8. The van der Waals surface area contributed by atoms with E-state index in [1.54, 1.807) is 13.0 Å². The molecule has 1 aromatic heterocycles. The van der Waals surface area contributed by atoms with E-state index >= 15 is 0 Å². The molecule has 0 radical (unpaired) electrons. The van der Waals surface area contributed by atoms with Gasteiger partial charge >= 0.3 is 12.3 Å². The summed E-state index contributed by atoms with van der Waals surface area (Å²) in [7, 11) is 0. The molecular weight excluding hydrogens is 459 g/mol. The lowest BCUT2D eigenvalue weighted by Crippen LogP contribution is -2.32. The number of carbonyl (C=O) groups is 2. The van der Waals surface area contributed by atoms with Gasteiger partial charge in [0.25, 0.3) is 0 Å². The average molecular weight is 486 g/mol. The minimum Gasteiger partial charge on any atom is -0.450 e. The molecule has 0 aliphatic heterocycles. The Hall–Kier alpha value is -2.76. The second-order valence-corrected chi connectivity index (χ2v) is 8.49. The van der Waals surface area contributed by atoms with Crippen molar-refractivity contribution >= 4 is 29.4 Å². The van der Waals surface area contributed by atoms with Gasteiger partial charge in [-0.1, -0.05) is 37.1 Å². The molecule has 180 valence electrons.